The van der Waals surface area contributed by atoms with Crippen LogP contribution in [-0.4, -0.2) is 9.55 Å². The van der Waals surface area contributed by atoms with E-state index in [2.05, 4.69) is 23.3 Å². The van der Waals surface area contributed by atoms with Crippen LogP contribution in [0.3, 0.4) is 0 Å². The van der Waals surface area contributed by atoms with Gasteiger partial charge in [0.25, 0.3) is 0 Å². The molecular formula is C18H21N5. The minimum Gasteiger partial charge on any atom is -0.398 e. The fourth-order valence-corrected chi connectivity index (χ4v) is 2.65. The van der Waals surface area contributed by atoms with E-state index in [1.807, 2.05) is 48.3 Å². The van der Waals surface area contributed by atoms with Crippen LogP contribution in [0.5, 0.6) is 0 Å². The Morgan fingerprint density at radius 3 is 2.87 bits per heavy atom. The van der Waals surface area contributed by atoms with Gasteiger partial charge in [0, 0.05) is 30.1 Å². The quantitative estimate of drug-likeness (QED) is 0.813. The van der Waals surface area contributed by atoms with Gasteiger partial charge in [-0.1, -0.05) is 18.2 Å². The van der Waals surface area contributed by atoms with Crippen LogP contribution in [-0.2, 0) is 7.05 Å². The van der Waals surface area contributed by atoms with Crippen molar-refractivity contribution in [2.45, 2.75) is 13.3 Å². The average Bonchev–Trinajstić information content (AvgIpc) is 2.96. The molecule has 3 rings (SSSR count). The van der Waals surface area contributed by atoms with Crippen molar-refractivity contribution in [1.29, 1.82) is 0 Å². The minimum atomic E-state index is 0.651. The second-order valence-corrected chi connectivity index (χ2v) is 5.74. The van der Waals surface area contributed by atoms with E-state index in [-0.39, 0.29) is 0 Å². The number of allylic oxidation sites excluding steroid dienone is 3. The summed E-state index contributed by atoms with van der Waals surface area (Å²) in [4.78, 5) is 4.38. The molecule has 118 valence electrons. The topological polar surface area (TPSA) is 81.9 Å². The van der Waals surface area contributed by atoms with Crippen molar-refractivity contribution in [1.82, 2.24) is 14.9 Å². The van der Waals surface area contributed by atoms with E-state index in [1.54, 1.807) is 6.33 Å². The number of hydrogen-bond donors (Lipinski definition) is 3. The van der Waals surface area contributed by atoms with Crippen molar-refractivity contribution < 1.29 is 0 Å². The summed E-state index contributed by atoms with van der Waals surface area (Å²) in [5.74, 6) is 0.651. The molecule has 0 amide bonds. The van der Waals surface area contributed by atoms with Gasteiger partial charge in [0.2, 0.25) is 0 Å². The highest BCUT2D eigenvalue weighted by Crippen LogP contribution is 2.24. The summed E-state index contributed by atoms with van der Waals surface area (Å²) < 4.78 is 1.94. The Morgan fingerprint density at radius 1 is 1.39 bits per heavy atom. The third-order valence-corrected chi connectivity index (χ3v) is 3.91. The number of nitrogens with zero attached hydrogens (tertiary/aromatic N) is 2. The maximum absolute atomic E-state index is 6.28. The van der Waals surface area contributed by atoms with Gasteiger partial charge in [0.1, 0.15) is 5.82 Å². The summed E-state index contributed by atoms with van der Waals surface area (Å²) in [5, 5.41) is 3.00. The van der Waals surface area contributed by atoms with Crippen LogP contribution in [0, 0.1) is 6.92 Å². The van der Waals surface area contributed by atoms with Gasteiger partial charge in [-0.2, -0.15) is 0 Å². The van der Waals surface area contributed by atoms with Crippen LogP contribution < -0.4 is 16.8 Å². The predicted molar refractivity (Wildman–Crippen MR) is 93.7 cm³/mol. The third kappa shape index (κ3) is 3.13. The van der Waals surface area contributed by atoms with Crippen LogP contribution in [0.1, 0.15) is 17.5 Å². The van der Waals surface area contributed by atoms with Gasteiger partial charge in [-0.05, 0) is 42.8 Å². The molecule has 0 fully saturated rings. The molecule has 0 unspecified atom stereocenters. The van der Waals surface area contributed by atoms with Crippen LogP contribution in [0.2, 0.25) is 0 Å². The second kappa shape index (κ2) is 6.04. The number of nitrogens with one attached hydrogen (secondary N) is 1. The van der Waals surface area contributed by atoms with E-state index in [0.29, 0.717) is 11.5 Å². The Kier molecular flexibility index (Phi) is 3.93. The monoisotopic (exact) mass is 307 g/mol. The van der Waals surface area contributed by atoms with E-state index < -0.39 is 0 Å². The molecule has 0 saturated carbocycles. The molecule has 1 aliphatic heterocycles. The van der Waals surface area contributed by atoms with Crippen LogP contribution >= 0.6 is 0 Å². The van der Waals surface area contributed by atoms with Crippen molar-refractivity contribution in [3.05, 3.63) is 71.6 Å². The van der Waals surface area contributed by atoms with Gasteiger partial charge in [-0.15, -0.1) is 0 Å². The molecule has 23 heavy (non-hydrogen) atoms. The lowest BCUT2D eigenvalue weighted by molar-refractivity contribution is 0.913. The molecule has 1 aromatic heterocycles. The summed E-state index contributed by atoms with van der Waals surface area (Å²) in [6.07, 6.45) is 10.4. The zero-order chi connectivity index (χ0) is 16.4. The van der Waals surface area contributed by atoms with Gasteiger partial charge in [-0.25, -0.2) is 4.98 Å². The molecule has 0 radical (unpaired) electrons. The number of hydrogen-bond acceptors (Lipinski definition) is 4. The van der Waals surface area contributed by atoms with Crippen molar-refractivity contribution in [3.8, 4) is 11.3 Å². The summed E-state index contributed by atoms with van der Waals surface area (Å²) in [6.45, 7) is 2.05. The van der Waals surface area contributed by atoms with Gasteiger partial charge in [-0.3, -0.25) is 0 Å². The maximum atomic E-state index is 6.28. The molecule has 0 saturated heterocycles. The molecule has 5 heteroatoms. The first-order valence-corrected chi connectivity index (χ1v) is 7.51. The normalized spacial score (nSPS) is 15.0. The molecule has 5 N–H and O–H groups in total. The van der Waals surface area contributed by atoms with Crippen molar-refractivity contribution >= 4 is 5.70 Å². The SMILES string of the molecule is Cc1cc(-c2cn(C)cn2)ccc1/C(N)=C/C1=C(N)NC=CC1. The Bertz CT molecular complexity index is 824. The minimum absolute atomic E-state index is 0.651. The zero-order valence-corrected chi connectivity index (χ0v) is 13.4. The number of benzene rings is 1. The fraction of sp³-hybridized carbons (Fsp3) is 0.167. The Hall–Kier alpha value is -2.95. The lowest BCUT2D eigenvalue weighted by Crippen LogP contribution is -2.19. The highest BCUT2D eigenvalue weighted by molar-refractivity contribution is 5.72. The number of aromatic nitrogens is 2. The van der Waals surface area contributed by atoms with E-state index >= 15 is 0 Å². The van der Waals surface area contributed by atoms with Crippen molar-refractivity contribution in [3.63, 3.8) is 0 Å². The standard InChI is InChI=1S/C18H21N5/c1-12-8-13(17-10-23(2)11-22-17)5-6-15(12)16(19)9-14-4-3-7-21-18(14)20/h3,5-11,21H,4,19-20H2,1-2H3/b16-9-. The Balaban J connectivity index is 1.91. The van der Waals surface area contributed by atoms with E-state index in [1.165, 1.54) is 0 Å². The number of nitrogens with two attached hydrogens (primary N) is 2. The summed E-state index contributed by atoms with van der Waals surface area (Å²) in [7, 11) is 1.96. The van der Waals surface area contributed by atoms with E-state index in [0.717, 1.165) is 34.4 Å². The molecule has 0 atom stereocenters. The number of aryl methyl sites for hydroxylation is 2. The smallest absolute Gasteiger partial charge is 0.104 e. The maximum Gasteiger partial charge on any atom is 0.104 e. The average molecular weight is 307 g/mol. The number of dihydropyridines is 1. The zero-order valence-electron chi connectivity index (χ0n) is 13.4. The third-order valence-electron chi connectivity index (χ3n) is 3.91. The van der Waals surface area contributed by atoms with Gasteiger partial charge >= 0.3 is 0 Å². The van der Waals surface area contributed by atoms with Gasteiger partial charge in [0.15, 0.2) is 0 Å². The molecule has 2 heterocycles. The van der Waals surface area contributed by atoms with Gasteiger partial charge < -0.3 is 21.4 Å². The molecule has 0 bridgehead atoms. The molecule has 5 nitrogen and oxygen atoms in total. The molecule has 0 spiro atoms. The number of imidazole rings is 1. The van der Waals surface area contributed by atoms with Crippen LogP contribution in [0.15, 0.2) is 60.5 Å². The molecule has 2 aromatic rings. The first-order chi connectivity index (χ1) is 11.0. The van der Waals surface area contributed by atoms with Crippen molar-refractivity contribution in [2.24, 2.45) is 18.5 Å². The first-order valence-electron chi connectivity index (χ1n) is 7.51. The van der Waals surface area contributed by atoms with Crippen LogP contribution in [0.4, 0.5) is 0 Å². The van der Waals surface area contributed by atoms with E-state index in [4.69, 9.17) is 11.5 Å². The van der Waals surface area contributed by atoms with Gasteiger partial charge in [0.05, 0.1) is 12.0 Å². The highest BCUT2D eigenvalue weighted by Gasteiger charge is 2.09. The Labute approximate surface area is 136 Å². The second-order valence-electron chi connectivity index (χ2n) is 5.74. The summed E-state index contributed by atoms with van der Waals surface area (Å²) >= 11 is 0. The highest BCUT2D eigenvalue weighted by atomic mass is 15.0. The lowest BCUT2D eigenvalue weighted by Gasteiger charge is -2.13. The first kappa shape index (κ1) is 15.0. The Morgan fingerprint density at radius 2 is 2.22 bits per heavy atom. The summed E-state index contributed by atoms with van der Waals surface area (Å²) in [5.41, 5.74) is 18.1. The largest absolute Gasteiger partial charge is 0.398 e. The van der Waals surface area contributed by atoms with E-state index in [9.17, 15) is 0 Å². The molecule has 1 aliphatic rings. The molecule has 0 aliphatic carbocycles. The summed E-state index contributed by atoms with van der Waals surface area (Å²) in [6, 6.07) is 6.19. The fourth-order valence-electron chi connectivity index (χ4n) is 2.65. The predicted octanol–water partition coefficient (Wildman–Crippen LogP) is 2.37. The lowest BCUT2D eigenvalue weighted by atomic mass is 9.99. The molecular weight excluding hydrogens is 286 g/mol. The molecule has 1 aromatic carbocycles. The van der Waals surface area contributed by atoms with Crippen LogP contribution in [0.25, 0.3) is 17.0 Å². The number of rotatable bonds is 3. The van der Waals surface area contributed by atoms with Crippen molar-refractivity contribution in [2.75, 3.05) is 0 Å².